The van der Waals surface area contributed by atoms with Crippen molar-refractivity contribution in [2.24, 2.45) is 0 Å². The number of alkyl halides is 1. The predicted octanol–water partition coefficient (Wildman–Crippen LogP) is 3.79. The second-order valence-electron chi connectivity index (χ2n) is 4.11. The number of nitro benzene ring substituents is 1. The third kappa shape index (κ3) is 2.43. The van der Waals surface area contributed by atoms with Crippen LogP contribution in [0.2, 0.25) is 5.02 Å². The Kier molecular flexibility index (Phi) is 3.78. The molecule has 2 rings (SSSR count). The molecule has 5 nitrogen and oxygen atoms in total. The zero-order chi connectivity index (χ0) is 14.2. The Hall–Kier alpha value is -1.59. The first kappa shape index (κ1) is 13.8. The van der Waals surface area contributed by atoms with Crippen LogP contribution in [0, 0.1) is 24.0 Å². The molecule has 7 heteroatoms. The minimum atomic E-state index is -0.449. The number of hydrogen-bond acceptors (Lipinski definition) is 3. The molecular weight excluding hydrogens is 289 g/mol. The molecular formula is C12H11Cl2N3O2. The molecule has 0 aliphatic rings. The van der Waals surface area contributed by atoms with Crippen molar-refractivity contribution in [3.05, 3.63) is 50.3 Å². The lowest BCUT2D eigenvalue weighted by Crippen LogP contribution is -2.04. The highest BCUT2D eigenvalue weighted by molar-refractivity contribution is 6.31. The van der Waals surface area contributed by atoms with Gasteiger partial charge in [-0.25, -0.2) is 4.68 Å². The molecule has 2 aromatic rings. The highest BCUT2D eigenvalue weighted by Gasteiger charge is 2.20. The fraction of sp³-hybridized carbons (Fsp3) is 0.250. The van der Waals surface area contributed by atoms with Crippen molar-refractivity contribution in [1.29, 1.82) is 0 Å². The molecule has 1 aromatic carbocycles. The van der Waals surface area contributed by atoms with E-state index in [-0.39, 0.29) is 11.6 Å². The summed E-state index contributed by atoms with van der Waals surface area (Å²) in [7, 11) is 0. The van der Waals surface area contributed by atoms with Gasteiger partial charge in [-0.05, 0) is 25.5 Å². The number of rotatable bonds is 3. The maximum absolute atomic E-state index is 11.2. The van der Waals surface area contributed by atoms with E-state index in [2.05, 4.69) is 5.10 Å². The van der Waals surface area contributed by atoms with Gasteiger partial charge in [0.25, 0.3) is 5.69 Å². The van der Waals surface area contributed by atoms with E-state index < -0.39 is 4.92 Å². The van der Waals surface area contributed by atoms with Crippen molar-refractivity contribution in [1.82, 2.24) is 9.78 Å². The summed E-state index contributed by atoms with van der Waals surface area (Å²) < 4.78 is 1.48. The summed E-state index contributed by atoms with van der Waals surface area (Å²) in [6.07, 6.45) is 0. The minimum absolute atomic E-state index is 0.0413. The Morgan fingerprint density at radius 2 is 2.11 bits per heavy atom. The lowest BCUT2D eigenvalue weighted by atomic mass is 10.2. The molecule has 0 fully saturated rings. The average Bonchev–Trinajstić information content (AvgIpc) is 2.65. The van der Waals surface area contributed by atoms with Crippen LogP contribution in [0.25, 0.3) is 5.69 Å². The quantitative estimate of drug-likeness (QED) is 0.492. The lowest BCUT2D eigenvalue weighted by Gasteiger charge is -2.06. The van der Waals surface area contributed by atoms with Crippen LogP contribution >= 0.6 is 23.2 Å². The van der Waals surface area contributed by atoms with Crippen LogP contribution in [0.3, 0.4) is 0 Å². The third-order valence-electron chi connectivity index (χ3n) is 2.82. The monoisotopic (exact) mass is 299 g/mol. The van der Waals surface area contributed by atoms with Gasteiger partial charge in [0.05, 0.1) is 21.3 Å². The van der Waals surface area contributed by atoms with Crippen LogP contribution in [0.1, 0.15) is 17.0 Å². The number of aromatic nitrogens is 2. The van der Waals surface area contributed by atoms with E-state index in [1.807, 2.05) is 0 Å². The van der Waals surface area contributed by atoms with Crippen molar-refractivity contribution in [3.8, 4) is 5.69 Å². The van der Waals surface area contributed by atoms with Gasteiger partial charge in [0.2, 0.25) is 0 Å². The first-order valence-corrected chi connectivity index (χ1v) is 6.42. The van der Waals surface area contributed by atoms with Crippen molar-refractivity contribution < 1.29 is 4.92 Å². The van der Waals surface area contributed by atoms with Crippen LogP contribution in [0.5, 0.6) is 0 Å². The number of hydrogen-bond donors (Lipinski definition) is 0. The fourth-order valence-corrected chi connectivity index (χ4v) is 2.12. The van der Waals surface area contributed by atoms with Crippen LogP contribution in [0.4, 0.5) is 5.69 Å². The molecule has 0 bridgehead atoms. The molecule has 0 unspecified atom stereocenters. The topological polar surface area (TPSA) is 61.0 Å². The molecule has 0 N–H and O–H groups in total. The second-order valence-corrected chi connectivity index (χ2v) is 4.76. The summed E-state index contributed by atoms with van der Waals surface area (Å²) in [5.74, 6) is 0.221. The van der Waals surface area contributed by atoms with E-state index in [0.29, 0.717) is 27.7 Å². The zero-order valence-corrected chi connectivity index (χ0v) is 11.9. The van der Waals surface area contributed by atoms with Gasteiger partial charge >= 0.3 is 0 Å². The van der Waals surface area contributed by atoms with E-state index >= 15 is 0 Å². The fourth-order valence-electron chi connectivity index (χ4n) is 1.84. The van der Waals surface area contributed by atoms with Crippen LogP contribution < -0.4 is 0 Å². The van der Waals surface area contributed by atoms with Gasteiger partial charge < -0.3 is 0 Å². The van der Waals surface area contributed by atoms with Gasteiger partial charge in [0.1, 0.15) is 5.69 Å². The smallest absolute Gasteiger partial charge is 0.258 e. The standard InChI is InChI=1S/C12H11Cl2N3O2/c1-7-12(14)8(2)16(15-7)10-4-3-9(6-13)5-11(10)17(18)19/h3-5H,6H2,1-2H3. The molecule has 19 heavy (non-hydrogen) atoms. The SMILES string of the molecule is Cc1nn(-c2ccc(CCl)cc2[N+](=O)[O-])c(C)c1Cl. The highest BCUT2D eigenvalue weighted by atomic mass is 35.5. The van der Waals surface area contributed by atoms with Gasteiger partial charge in [0.15, 0.2) is 0 Å². The normalized spacial score (nSPS) is 10.7. The van der Waals surface area contributed by atoms with Crippen molar-refractivity contribution in [2.75, 3.05) is 0 Å². The first-order chi connectivity index (χ1) is 8.95. The number of nitro groups is 1. The van der Waals surface area contributed by atoms with Gasteiger partial charge in [-0.2, -0.15) is 5.10 Å². The number of nitrogens with zero attached hydrogens (tertiary/aromatic N) is 3. The Morgan fingerprint density at radius 1 is 1.42 bits per heavy atom. The second kappa shape index (κ2) is 5.19. The van der Waals surface area contributed by atoms with Gasteiger partial charge in [-0.15, -0.1) is 11.6 Å². The maximum Gasteiger partial charge on any atom is 0.295 e. The van der Waals surface area contributed by atoms with Crippen LogP contribution in [-0.2, 0) is 5.88 Å². The number of aryl methyl sites for hydroxylation is 1. The Morgan fingerprint density at radius 3 is 2.58 bits per heavy atom. The van der Waals surface area contributed by atoms with Gasteiger partial charge in [-0.3, -0.25) is 10.1 Å². The summed E-state index contributed by atoms with van der Waals surface area (Å²) in [4.78, 5) is 10.7. The molecule has 0 atom stereocenters. The number of benzene rings is 1. The van der Waals surface area contributed by atoms with Crippen molar-refractivity contribution in [3.63, 3.8) is 0 Å². The molecule has 1 heterocycles. The number of halogens is 2. The molecule has 0 aliphatic carbocycles. The summed E-state index contributed by atoms with van der Waals surface area (Å²) in [6.45, 7) is 3.52. The van der Waals surface area contributed by atoms with Crippen molar-refractivity contribution >= 4 is 28.9 Å². The minimum Gasteiger partial charge on any atom is -0.258 e. The molecule has 0 saturated carbocycles. The highest BCUT2D eigenvalue weighted by Crippen LogP contribution is 2.29. The Bertz CT molecular complexity index is 653. The molecule has 100 valence electrons. The van der Waals surface area contributed by atoms with Crippen LogP contribution in [0.15, 0.2) is 18.2 Å². The molecule has 0 saturated heterocycles. The average molecular weight is 300 g/mol. The van der Waals surface area contributed by atoms with E-state index in [0.717, 1.165) is 0 Å². The third-order valence-corrected chi connectivity index (χ3v) is 3.68. The summed E-state index contributed by atoms with van der Waals surface area (Å²) in [5.41, 5.74) is 2.33. The van der Waals surface area contributed by atoms with Gasteiger partial charge in [-0.1, -0.05) is 17.7 Å². The van der Waals surface area contributed by atoms with E-state index in [1.165, 1.54) is 10.7 Å². The molecule has 0 radical (unpaired) electrons. The van der Waals surface area contributed by atoms with E-state index in [1.54, 1.807) is 26.0 Å². The summed E-state index contributed by atoms with van der Waals surface area (Å²) in [6, 6.07) is 4.82. The molecule has 0 aliphatic heterocycles. The molecule has 1 aromatic heterocycles. The molecule has 0 spiro atoms. The first-order valence-electron chi connectivity index (χ1n) is 5.51. The lowest BCUT2D eigenvalue weighted by molar-refractivity contribution is -0.384. The Balaban J connectivity index is 2.67. The van der Waals surface area contributed by atoms with E-state index in [9.17, 15) is 10.1 Å². The van der Waals surface area contributed by atoms with Crippen molar-refractivity contribution in [2.45, 2.75) is 19.7 Å². The molecule has 0 amide bonds. The van der Waals surface area contributed by atoms with Crippen LogP contribution in [-0.4, -0.2) is 14.7 Å². The summed E-state index contributed by atoms with van der Waals surface area (Å²) >= 11 is 11.8. The summed E-state index contributed by atoms with van der Waals surface area (Å²) in [5, 5.41) is 15.9. The predicted molar refractivity (Wildman–Crippen MR) is 74.3 cm³/mol. The van der Waals surface area contributed by atoms with E-state index in [4.69, 9.17) is 23.2 Å². The largest absolute Gasteiger partial charge is 0.295 e. The Labute approximate surface area is 119 Å². The zero-order valence-electron chi connectivity index (χ0n) is 10.4. The maximum atomic E-state index is 11.2. The van der Waals surface area contributed by atoms with Gasteiger partial charge in [0, 0.05) is 11.9 Å².